The molecule has 2 aromatic rings. The Morgan fingerprint density at radius 2 is 2.27 bits per heavy atom. The zero-order valence-corrected chi connectivity index (χ0v) is 10.4. The van der Waals surface area contributed by atoms with E-state index in [0.29, 0.717) is 0 Å². The average molecular weight is 267 g/mol. The number of halogens is 1. The number of rotatable bonds is 4. The molecule has 0 unspecified atom stereocenters. The average Bonchev–Trinajstić information content (AvgIpc) is 2.61. The number of benzene rings is 1. The van der Waals surface area contributed by atoms with Crippen LogP contribution in [-0.4, -0.2) is 18.6 Å². The minimum absolute atomic E-state index is 1.07. The molecule has 0 aliphatic rings. The fourth-order valence-electron chi connectivity index (χ4n) is 1.82. The fourth-order valence-corrected chi connectivity index (χ4v) is 2.18. The van der Waals surface area contributed by atoms with E-state index < -0.39 is 0 Å². The van der Waals surface area contributed by atoms with Crippen LogP contribution in [0.2, 0.25) is 0 Å². The Morgan fingerprint density at radius 1 is 1.40 bits per heavy atom. The molecule has 1 heterocycles. The van der Waals surface area contributed by atoms with Crippen LogP contribution in [0.1, 0.15) is 12.0 Å². The maximum atomic E-state index is 3.48. The molecule has 2 nitrogen and oxygen atoms in total. The third-order valence-electron chi connectivity index (χ3n) is 2.60. The van der Waals surface area contributed by atoms with Crippen LogP contribution in [0.3, 0.4) is 0 Å². The molecule has 2 N–H and O–H groups in total. The van der Waals surface area contributed by atoms with Gasteiger partial charge in [-0.3, -0.25) is 0 Å². The Bertz CT molecular complexity index is 448. The molecule has 0 atom stereocenters. The molecule has 2 rings (SSSR count). The summed E-state index contributed by atoms with van der Waals surface area (Å²) in [5.74, 6) is 0. The molecular formula is C12H15BrN2. The molecule has 0 amide bonds. The number of hydrogen-bond acceptors (Lipinski definition) is 1. The van der Waals surface area contributed by atoms with Crippen molar-refractivity contribution in [2.75, 3.05) is 13.6 Å². The van der Waals surface area contributed by atoms with E-state index in [4.69, 9.17) is 0 Å². The molecule has 0 bridgehead atoms. The van der Waals surface area contributed by atoms with E-state index in [1.165, 1.54) is 22.9 Å². The number of aryl methyl sites for hydroxylation is 1. The Morgan fingerprint density at radius 3 is 3.07 bits per heavy atom. The van der Waals surface area contributed by atoms with E-state index in [-0.39, 0.29) is 0 Å². The topological polar surface area (TPSA) is 27.8 Å². The summed E-state index contributed by atoms with van der Waals surface area (Å²) < 4.78 is 1.12. The number of fused-ring (bicyclic) bond motifs is 1. The van der Waals surface area contributed by atoms with Gasteiger partial charge in [-0.25, -0.2) is 0 Å². The molecule has 80 valence electrons. The predicted molar refractivity (Wildman–Crippen MR) is 68.2 cm³/mol. The van der Waals surface area contributed by atoms with Gasteiger partial charge in [-0.15, -0.1) is 0 Å². The zero-order chi connectivity index (χ0) is 10.7. The molecule has 0 saturated heterocycles. The summed E-state index contributed by atoms with van der Waals surface area (Å²) in [6.45, 7) is 1.07. The van der Waals surface area contributed by atoms with Gasteiger partial charge >= 0.3 is 0 Å². The molecule has 1 aromatic heterocycles. The molecule has 3 heteroatoms. The van der Waals surface area contributed by atoms with Crippen molar-refractivity contribution >= 4 is 26.8 Å². The first-order valence-electron chi connectivity index (χ1n) is 5.21. The molecule has 15 heavy (non-hydrogen) atoms. The van der Waals surface area contributed by atoms with Crippen molar-refractivity contribution in [1.82, 2.24) is 10.3 Å². The summed E-state index contributed by atoms with van der Waals surface area (Å²) in [6, 6.07) is 6.39. The Labute approximate surface area is 98.2 Å². The van der Waals surface area contributed by atoms with Crippen molar-refractivity contribution in [2.24, 2.45) is 0 Å². The highest BCUT2D eigenvalue weighted by molar-refractivity contribution is 9.10. The standard InChI is InChI=1S/C12H15BrN2/c1-14-6-2-3-9-8-15-12-7-10(13)4-5-11(9)12/h4-5,7-8,14-15H,2-3,6H2,1H3. The van der Waals surface area contributed by atoms with E-state index in [9.17, 15) is 0 Å². The lowest BCUT2D eigenvalue weighted by atomic mass is 10.1. The van der Waals surface area contributed by atoms with Crippen molar-refractivity contribution in [3.8, 4) is 0 Å². The third-order valence-corrected chi connectivity index (χ3v) is 3.10. The minimum Gasteiger partial charge on any atom is -0.361 e. The van der Waals surface area contributed by atoms with Gasteiger partial charge in [-0.05, 0) is 44.1 Å². The maximum absolute atomic E-state index is 3.48. The van der Waals surface area contributed by atoms with Crippen LogP contribution >= 0.6 is 15.9 Å². The number of nitrogens with one attached hydrogen (secondary N) is 2. The lowest BCUT2D eigenvalue weighted by molar-refractivity contribution is 0.727. The molecule has 0 fully saturated rings. The van der Waals surface area contributed by atoms with Crippen LogP contribution in [0.25, 0.3) is 10.9 Å². The maximum Gasteiger partial charge on any atom is 0.0468 e. The molecule has 0 radical (unpaired) electrons. The van der Waals surface area contributed by atoms with Gasteiger partial charge in [0, 0.05) is 21.6 Å². The van der Waals surface area contributed by atoms with Crippen LogP contribution < -0.4 is 5.32 Å². The molecular weight excluding hydrogens is 252 g/mol. The lowest BCUT2D eigenvalue weighted by Gasteiger charge is -1.99. The van der Waals surface area contributed by atoms with Gasteiger partial charge in [0.05, 0.1) is 0 Å². The molecule has 0 aliphatic heterocycles. The van der Waals surface area contributed by atoms with Crippen molar-refractivity contribution in [2.45, 2.75) is 12.8 Å². The van der Waals surface area contributed by atoms with Gasteiger partial charge in [0.25, 0.3) is 0 Å². The van der Waals surface area contributed by atoms with Crippen LogP contribution in [0.15, 0.2) is 28.9 Å². The smallest absolute Gasteiger partial charge is 0.0468 e. The van der Waals surface area contributed by atoms with E-state index in [1.807, 2.05) is 7.05 Å². The van der Waals surface area contributed by atoms with Gasteiger partial charge in [0.15, 0.2) is 0 Å². The number of hydrogen-bond donors (Lipinski definition) is 2. The largest absolute Gasteiger partial charge is 0.361 e. The summed E-state index contributed by atoms with van der Waals surface area (Å²) in [4.78, 5) is 3.31. The van der Waals surface area contributed by atoms with Gasteiger partial charge in [0.2, 0.25) is 0 Å². The summed E-state index contributed by atoms with van der Waals surface area (Å²) in [5.41, 5.74) is 2.62. The second kappa shape index (κ2) is 4.81. The highest BCUT2D eigenvalue weighted by Gasteiger charge is 2.03. The second-order valence-electron chi connectivity index (χ2n) is 3.71. The highest BCUT2D eigenvalue weighted by Crippen LogP contribution is 2.22. The zero-order valence-electron chi connectivity index (χ0n) is 8.81. The van der Waals surface area contributed by atoms with E-state index in [0.717, 1.165) is 17.4 Å². The third kappa shape index (κ3) is 2.41. The van der Waals surface area contributed by atoms with E-state index in [1.54, 1.807) is 0 Å². The summed E-state index contributed by atoms with van der Waals surface area (Å²) in [6.07, 6.45) is 4.43. The SMILES string of the molecule is CNCCCc1c[nH]c2cc(Br)ccc12. The molecule has 1 aromatic carbocycles. The first-order valence-corrected chi connectivity index (χ1v) is 6.00. The van der Waals surface area contributed by atoms with E-state index >= 15 is 0 Å². The van der Waals surface area contributed by atoms with Crippen molar-refractivity contribution < 1.29 is 0 Å². The summed E-state index contributed by atoms with van der Waals surface area (Å²) in [5, 5.41) is 4.51. The normalized spacial score (nSPS) is 11.1. The lowest BCUT2D eigenvalue weighted by Crippen LogP contribution is -2.08. The molecule has 0 saturated carbocycles. The van der Waals surface area contributed by atoms with Crippen LogP contribution in [-0.2, 0) is 6.42 Å². The highest BCUT2D eigenvalue weighted by atomic mass is 79.9. The molecule has 0 aliphatic carbocycles. The predicted octanol–water partition coefficient (Wildman–Crippen LogP) is 3.08. The van der Waals surface area contributed by atoms with Gasteiger partial charge in [0.1, 0.15) is 0 Å². The quantitative estimate of drug-likeness (QED) is 0.818. The van der Waals surface area contributed by atoms with Gasteiger partial charge in [-0.1, -0.05) is 22.0 Å². The van der Waals surface area contributed by atoms with Crippen molar-refractivity contribution in [3.05, 3.63) is 34.4 Å². The van der Waals surface area contributed by atoms with Crippen LogP contribution in [0.4, 0.5) is 0 Å². The summed E-state index contributed by atoms with van der Waals surface area (Å²) in [7, 11) is 1.99. The Hall–Kier alpha value is -0.800. The van der Waals surface area contributed by atoms with Crippen LogP contribution in [0, 0.1) is 0 Å². The molecule has 0 spiro atoms. The summed E-state index contributed by atoms with van der Waals surface area (Å²) >= 11 is 3.48. The van der Waals surface area contributed by atoms with E-state index in [2.05, 4.69) is 50.6 Å². The number of aromatic amines is 1. The Kier molecular flexibility index (Phi) is 3.44. The van der Waals surface area contributed by atoms with Gasteiger partial charge in [-0.2, -0.15) is 0 Å². The second-order valence-corrected chi connectivity index (χ2v) is 4.63. The van der Waals surface area contributed by atoms with Crippen LogP contribution in [0.5, 0.6) is 0 Å². The Balaban J connectivity index is 2.21. The minimum atomic E-state index is 1.07. The first kappa shape index (κ1) is 10.7. The number of aromatic nitrogens is 1. The van der Waals surface area contributed by atoms with Crippen molar-refractivity contribution in [3.63, 3.8) is 0 Å². The fraction of sp³-hybridized carbons (Fsp3) is 0.333. The monoisotopic (exact) mass is 266 g/mol. The number of H-pyrrole nitrogens is 1. The van der Waals surface area contributed by atoms with Crippen molar-refractivity contribution in [1.29, 1.82) is 0 Å². The first-order chi connectivity index (χ1) is 7.31. The van der Waals surface area contributed by atoms with Gasteiger partial charge < -0.3 is 10.3 Å².